The van der Waals surface area contributed by atoms with Gasteiger partial charge in [-0.3, -0.25) is 9.59 Å². The number of carbonyl (C=O) groups is 2. The van der Waals surface area contributed by atoms with Gasteiger partial charge in [-0.15, -0.1) is 0 Å². The number of nitrogens with one attached hydrogen (secondary N) is 1. The number of carbonyl (C=O) groups excluding carboxylic acids is 2. The molecule has 2 heterocycles. The molecule has 2 saturated heterocycles. The van der Waals surface area contributed by atoms with E-state index in [0.717, 1.165) is 24.8 Å². The van der Waals surface area contributed by atoms with Crippen molar-refractivity contribution in [2.75, 3.05) is 31.5 Å². The first-order chi connectivity index (χ1) is 14.2. The third kappa shape index (κ3) is 5.03. The first kappa shape index (κ1) is 22.7. The van der Waals surface area contributed by atoms with Crippen LogP contribution in [0.5, 0.6) is 0 Å². The van der Waals surface area contributed by atoms with Gasteiger partial charge in [0.25, 0.3) is 0 Å². The molecular formula is C22H33N3O4S. The fraction of sp³-hybridized carbons (Fsp3) is 0.636. The van der Waals surface area contributed by atoms with Crippen molar-refractivity contribution in [1.82, 2.24) is 9.21 Å². The standard InChI is InChI=1S/C22H33N3O4S/c1-16(2)22(27)24-13-9-18(10-14-24)21(26)23-20-15-19(8-7-17(20)3)30(28,29)25-11-5-4-6-12-25/h7-8,15-16,18H,4-6,9-14H2,1-3H3,(H,23,26). The Kier molecular flexibility index (Phi) is 7.18. The van der Waals surface area contributed by atoms with Crippen LogP contribution in [0.1, 0.15) is 51.5 Å². The van der Waals surface area contributed by atoms with Crippen molar-refractivity contribution in [3.8, 4) is 0 Å². The first-order valence-corrected chi connectivity index (χ1v) is 12.3. The van der Waals surface area contributed by atoms with E-state index in [4.69, 9.17) is 0 Å². The van der Waals surface area contributed by atoms with E-state index < -0.39 is 10.0 Å². The quantitative estimate of drug-likeness (QED) is 0.770. The number of sulfonamides is 1. The maximum atomic E-state index is 13.0. The van der Waals surface area contributed by atoms with Crippen molar-refractivity contribution in [3.05, 3.63) is 23.8 Å². The van der Waals surface area contributed by atoms with Gasteiger partial charge in [-0.05, 0) is 50.3 Å². The van der Waals surface area contributed by atoms with Gasteiger partial charge < -0.3 is 10.2 Å². The Hall–Kier alpha value is -1.93. The number of hydrogen-bond acceptors (Lipinski definition) is 4. The largest absolute Gasteiger partial charge is 0.342 e. The molecule has 2 amide bonds. The number of likely N-dealkylation sites (tertiary alicyclic amines) is 1. The van der Waals surface area contributed by atoms with E-state index >= 15 is 0 Å². The summed E-state index contributed by atoms with van der Waals surface area (Å²) in [6.45, 7) is 7.88. The second-order valence-electron chi connectivity index (χ2n) is 8.68. The minimum atomic E-state index is -3.55. The molecule has 0 aliphatic carbocycles. The number of rotatable bonds is 5. The zero-order valence-electron chi connectivity index (χ0n) is 18.2. The van der Waals surface area contributed by atoms with Gasteiger partial charge >= 0.3 is 0 Å². The highest BCUT2D eigenvalue weighted by atomic mass is 32.2. The van der Waals surface area contributed by atoms with Crippen LogP contribution in [0.25, 0.3) is 0 Å². The van der Waals surface area contributed by atoms with Crippen LogP contribution in [0, 0.1) is 18.8 Å². The number of piperidine rings is 2. The number of aryl methyl sites for hydroxylation is 1. The Bertz CT molecular complexity index is 884. The summed E-state index contributed by atoms with van der Waals surface area (Å²) in [6, 6.07) is 4.94. The molecule has 0 radical (unpaired) electrons. The Morgan fingerprint density at radius 3 is 2.27 bits per heavy atom. The minimum Gasteiger partial charge on any atom is -0.342 e. The van der Waals surface area contributed by atoms with Crippen molar-refractivity contribution in [3.63, 3.8) is 0 Å². The fourth-order valence-corrected chi connectivity index (χ4v) is 5.66. The monoisotopic (exact) mass is 435 g/mol. The lowest BCUT2D eigenvalue weighted by Crippen LogP contribution is -2.43. The Balaban J connectivity index is 1.67. The van der Waals surface area contributed by atoms with Gasteiger partial charge in [0.15, 0.2) is 0 Å². The van der Waals surface area contributed by atoms with Crippen LogP contribution in [0.15, 0.2) is 23.1 Å². The minimum absolute atomic E-state index is 0.0392. The third-order valence-electron chi connectivity index (χ3n) is 6.09. The highest BCUT2D eigenvalue weighted by Gasteiger charge is 2.29. The van der Waals surface area contributed by atoms with Crippen LogP contribution in [0.2, 0.25) is 0 Å². The van der Waals surface area contributed by atoms with Crippen LogP contribution < -0.4 is 5.32 Å². The molecule has 30 heavy (non-hydrogen) atoms. The van der Waals surface area contributed by atoms with E-state index in [0.29, 0.717) is 44.7 Å². The molecule has 3 rings (SSSR count). The van der Waals surface area contributed by atoms with Gasteiger partial charge in [-0.1, -0.05) is 26.3 Å². The number of anilines is 1. The van der Waals surface area contributed by atoms with Gasteiger partial charge in [-0.25, -0.2) is 8.42 Å². The van der Waals surface area contributed by atoms with Gasteiger partial charge in [0.1, 0.15) is 0 Å². The summed E-state index contributed by atoms with van der Waals surface area (Å²) in [7, 11) is -3.55. The van der Waals surface area contributed by atoms with Gasteiger partial charge in [0.2, 0.25) is 21.8 Å². The molecule has 0 spiro atoms. The molecule has 7 nitrogen and oxygen atoms in total. The second kappa shape index (κ2) is 9.47. The smallest absolute Gasteiger partial charge is 0.243 e. The van der Waals surface area contributed by atoms with E-state index in [1.807, 2.05) is 25.7 Å². The normalized spacial score (nSPS) is 19.1. The molecule has 8 heteroatoms. The van der Waals surface area contributed by atoms with E-state index in [9.17, 15) is 18.0 Å². The van der Waals surface area contributed by atoms with Crippen molar-refractivity contribution in [2.24, 2.45) is 11.8 Å². The first-order valence-electron chi connectivity index (χ1n) is 10.9. The van der Waals surface area contributed by atoms with E-state index in [2.05, 4.69) is 5.32 Å². The lowest BCUT2D eigenvalue weighted by Gasteiger charge is -2.32. The molecule has 0 saturated carbocycles. The lowest BCUT2D eigenvalue weighted by molar-refractivity contribution is -0.137. The van der Waals surface area contributed by atoms with Crippen LogP contribution >= 0.6 is 0 Å². The molecule has 1 N–H and O–H groups in total. The van der Waals surface area contributed by atoms with Crippen molar-refractivity contribution in [1.29, 1.82) is 0 Å². The summed E-state index contributed by atoms with van der Waals surface area (Å²) in [5, 5.41) is 2.94. The molecule has 0 bridgehead atoms. The van der Waals surface area contributed by atoms with Gasteiger partial charge in [0, 0.05) is 43.7 Å². The Morgan fingerprint density at radius 1 is 1.03 bits per heavy atom. The van der Waals surface area contributed by atoms with Crippen molar-refractivity contribution < 1.29 is 18.0 Å². The predicted molar refractivity (Wildman–Crippen MR) is 117 cm³/mol. The maximum Gasteiger partial charge on any atom is 0.243 e. The van der Waals surface area contributed by atoms with Crippen LogP contribution in [-0.2, 0) is 19.6 Å². The molecule has 0 atom stereocenters. The third-order valence-corrected chi connectivity index (χ3v) is 7.99. The van der Waals surface area contributed by atoms with E-state index in [1.54, 1.807) is 18.2 Å². The lowest BCUT2D eigenvalue weighted by atomic mass is 9.95. The number of amides is 2. The highest BCUT2D eigenvalue weighted by Crippen LogP contribution is 2.27. The SMILES string of the molecule is Cc1ccc(S(=O)(=O)N2CCCCC2)cc1NC(=O)C1CCN(C(=O)C(C)C)CC1. The average Bonchev–Trinajstić information content (AvgIpc) is 2.75. The summed E-state index contributed by atoms with van der Waals surface area (Å²) in [5.41, 5.74) is 1.37. The Labute approximate surface area is 179 Å². The van der Waals surface area contributed by atoms with Gasteiger partial charge in [-0.2, -0.15) is 4.31 Å². The molecule has 2 aliphatic heterocycles. The zero-order valence-corrected chi connectivity index (χ0v) is 19.0. The molecule has 2 fully saturated rings. The average molecular weight is 436 g/mol. The second-order valence-corrected chi connectivity index (χ2v) is 10.6. The topological polar surface area (TPSA) is 86.8 Å². The molecule has 2 aliphatic rings. The van der Waals surface area contributed by atoms with Crippen molar-refractivity contribution >= 4 is 27.5 Å². The highest BCUT2D eigenvalue weighted by molar-refractivity contribution is 7.89. The van der Waals surface area contributed by atoms with Crippen LogP contribution in [-0.4, -0.2) is 55.6 Å². The molecular weight excluding hydrogens is 402 g/mol. The summed E-state index contributed by atoms with van der Waals surface area (Å²) in [5.74, 6) is -0.201. The van der Waals surface area contributed by atoms with E-state index in [-0.39, 0.29) is 28.5 Å². The molecule has 0 unspecified atom stereocenters. The van der Waals surface area contributed by atoms with Crippen LogP contribution in [0.3, 0.4) is 0 Å². The number of nitrogens with zero attached hydrogens (tertiary/aromatic N) is 2. The molecule has 1 aromatic rings. The van der Waals surface area contributed by atoms with Crippen LogP contribution in [0.4, 0.5) is 5.69 Å². The maximum absolute atomic E-state index is 13.0. The van der Waals surface area contributed by atoms with E-state index in [1.165, 1.54) is 4.31 Å². The molecule has 166 valence electrons. The summed E-state index contributed by atoms with van der Waals surface area (Å²) in [4.78, 5) is 27.0. The fourth-order valence-electron chi connectivity index (χ4n) is 4.11. The summed E-state index contributed by atoms with van der Waals surface area (Å²) < 4.78 is 27.5. The Morgan fingerprint density at radius 2 is 1.67 bits per heavy atom. The molecule has 1 aromatic carbocycles. The van der Waals surface area contributed by atoms with Gasteiger partial charge in [0.05, 0.1) is 4.90 Å². The number of hydrogen-bond donors (Lipinski definition) is 1. The molecule has 0 aromatic heterocycles. The number of benzene rings is 1. The summed E-state index contributed by atoms with van der Waals surface area (Å²) >= 11 is 0. The zero-order chi connectivity index (χ0) is 21.9. The summed E-state index contributed by atoms with van der Waals surface area (Å²) in [6.07, 6.45) is 4.06. The van der Waals surface area contributed by atoms with Crippen molar-refractivity contribution in [2.45, 2.75) is 57.8 Å². The predicted octanol–water partition coefficient (Wildman–Crippen LogP) is 3.00.